The van der Waals surface area contributed by atoms with Crippen LogP contribution in [0.2, 0.25) is 0 Å². The molecule has 0 aromatic heterocycles. The number of rotatable bonds is 4. The molecule has 3 amide bonds. The molecule has 1 heterocycles. The van der Waals surface area contributed by atoms with E-state index in [2.05, 4.69) is 0 Å². The topological polar surface area (TPSA) is 40.6 Å². The van der Waals surface area contributed by atoms with Crippen LogP contribution >= 0.6 is 0 Å². The van der Waals surface area contributed by atoms with Crippen molar-refractivity contribution in [3.05, 3.63) is 30.3 Å². The summed E-state index contributed by atoms with van der Waals surface area (Å²) in [6.45, 7) is 5.49. The van der Waals surface area contributed by atoms with E-state index in [1.807, 2.05) is 51.2 Å². The highest BCUT2D eigenvalue weighted by Crippen LogP contribution is 2.44. The number of para-hydroxylation sites is 1. The Labute approximate surface area is 144 Å². The molecule has 1 aliphatic carbocycles. The van der Waals surface area contributed by atoms with Crippen LogP contribution in [0.3, 0.4) is 0 Å². The Hall–Kier alpha value is -1.88. The fourth-order valence-corrected chi connectivity index (χ4v) is 4.10. The van der Waals surface area contributed by atoms with Crippen molar-refractivity contribution in [3.8, 4) is 0 Å². The summed E-state index contributed by atoms with van der Waals surface area (Å²) in [5, 5.41) is 1.51. The second-order valence-electron chi connectivity index (χ2n) is 7.13. The normalized spacial score (nSPS) is 21.0. The fourth-order valence-electron chi connectivity index (χ4n) is 4.10. The maximum absolute atomic E-state index is 13.5. The molecule has 2 fully saturated rings. The molecule has 0 bridgehead atoms. The Morgan fingerprint density at radius 1 is 1.00 bits per heavy atom. The molecule has 1 aromatic rings. The van der Waals surface area contributed by atoms with Gasteiger partial charge in [0.1, 0.15) is 5.54 Å². The highest BCUT2D eigenvalue weighted by Gasteiger charge is 2.63. The maximum atomic E-state index is 13.5. The number of anilines is 1. The van der Waals surface area contributed by atoms with E-state index in [1.54, 1.807) is 4.90 Å². The van der Waals surface area contributed by atoms with E-state index in [-0.39, 0.29) is 11.9 Å². The molecule has 24 heavy (non-hydrogen) atoms. The predicted molar refractivity (Wildman–Crippen MR) is 94.2 cm³/mol. The van der Waals surface area contributed by atoms with Gasteiger partial charge in [-0.25, -0.2) is 9.39 Å². The summed E-state index contributed by atoms with van der Waals surface area (Å²) in [6.07, 6.45) is 4.66. The zero-order valence-corrected chi connectivity index (χ0v) is 15.0. The van der Waals surface area contributed by atoms with Gasteiger partial charge in [-0.1, -0.05) is 42.5 Å². The average molecular weight is 330 g/mol. The molecule has 1 aliphatic heterocycles. The van der Waals surface area contributed by atoms with E-state index in [0.29, 0.717) is 17.7 Å². The molecule has 130 valence electrons. The van der Waals surface area contributed by atoms with Crippen LogP contribution in [-0.4, -0.2) is 47.2 Å². The lowest BCUT2D eigenvalue weighted by Crippen LogP contribution is -2.61. The van der Waals surface area contributed by atoms with Crippen LogP contribution in [0.1, 0.15) is 46.0 Å². The molecule has 1 saturated carbocycles. The number of quaternary nitrogens is 1. The van der Waals surface area contributed by atoms with Gasteiger partial charge < -0.3 is 0 Å². The standard InChI is InChI=1S/C19H28N3O2/c1-4-22(3,5-2)21-17(23)19(14-10-7-11-15-19)20(18(21)24)16-12-8-6-9-13-16/h6,8-9,12-13H,4-5,7,10-11,14-15H2,1-3H3/q+1. The van der Waals surface area contributed by atoms with E-state index < -0.39 is 5.54 Å². The van der Waals surface area contributed by atoms with Crippen LogP contribution < -0.4 is 4.90 Å². The van der Waals surface area contributed by atoms with Gasteiger partial charge in [-0.2, -0.15) is 0 Å². The lowest BCUT2D eigenvalue weighted by atomic mass is 9.80. The zero-order valence-electron chi connectivity index (χ0n) is 15.0. The van der Waals surface area contributed by atoms with Crippen molar-refractivity contribution in [2.75, 3.05) is 25.0 Å². The summed E-state index contributed by atoms with van der Waals surface area (Å²) in [4.78, 5) is 28.6. The molecule has 3 rings (SSSR count). The van der Waals surface area contributed by atoms with Gasteiger partial charge >= 0.3 is 11.9 Å². The summed E-state index contributed by atoms with van der Waals surface area (Å²) in [7, 11) is 1.97. The third-order valence-corrected chi connectivity index (χ3v) is 5.93. The highest BCUT2D eigenvalue weighted by atomic mass is 16.2. The monoisotopic (exact) mass is 330 g/mol. The first-order valence-electron chi connectivity index (χ1n) is 9.09. The fraction of sp³-hybridized carbons (Fsp3) is 0.579. The molecule has 0 unspecified atom stereocenters. The van der Waals surface area contributed by atoms with Crippen LogP contribution in [0, 0.1) is 0 Å². The van der Waals surface area contributed by atoms with Crippen LogP contribution in [-0.2, 0) is 4.79 Å². The molecular weight excluding hydrogens is 302 g/mol. The Morgan fingerprint density at radius 2 is 1.58 bits per heavy atom. The zero-order chi connectivity index (χ0) is 17.4. The minimum absolute atomic E-state index is 0.0118. The van der Waals surface area contributed by atoms with Gasteiger partial charge in [0.05, 0.1) is 20.1 Å². The number of hydrogen-bond donors (Lipinski definition) is 0. The third-order valence-electron chi connectivity index (χ3n) is 5.93. The molecule has 0 N–H and O–H groups in total. The average Bonchev–Trinajstić information content (AvgIpc) is 2.83. The number of imide groups is 1. The Bertz CT molecular complexity index is 619. The minimum Gasteiger partial charge on any atom is -0.275 e. The van der Waals surface area contributed by atoms with Crippen LogP contribution in [0.15, 0.2) is 30.3 Å². The van der Waals surface area contributed by atoms with Gasteiger partial charge in [-0.15, -0.1) is 0 Å². The maximum Gasteiger partial charge on any atom is 0.377 e. The minimum atomic E-state index is -0.694. The summed E-state index contributed by atoms with van der Waals surface area (Å²) in [5.41, 5.74) is 0.139. The number of carbonyl (C=O) groups is 2. The molecule has 2 aliphatic rings. The van der Waals surface area contributed by atoms with Crippen molar-refractivity contribution < 1.29 is 14.2 Å². The highest BCUT2D eigenvalue weighted by molar-refractivity contribution is 6.16. The van der Waals surface area contributed by atoms with E-state index >= 15 is 0 Å². The van der Waals surface area contributed by atoms with Crippen molar-refractivity contribution in [1.82, 2.24) is 5.01 Å². The van der Waals surface area contributed by atoms with Gasteiger partial charge in [0.25, 0.3) is 0 Å². The van der Waals surface area contributed by atoms with E-state index in [9.17, 15) is 9.59 Å². The van der Waals surface area contributed by atoms with E-state index in [1.165, 1.54) is 5.01 Å². The lowest BCUT2D eigenvalue weighted by molar-refractivity contribution is -0.991. The largest absolute Gasteiger partial charge is 0.377 e. The van der Waals surface area contributed by atoms with E-state index in [0.717, 1.165) is 37.8 Å². The van der Waals surface area contributed by atoms with Gasteiger partial charge in [0, 0.05) is 5.69 Å². The van der Waals surface area contributed by atoms with Gasteiger partial charge in [0.15, 0.2) is 0 Å². The number of nitrogens with zero attached hydrogens (tertiary/aromatic N) is 3. The molecule has 1 aromatic carbocycles. The van der Waals surface area contributed by atoms with Gasteiger partial charge in [-0.05, 0) is 38.8 Å². The Morgan fingerprint density at radius 3 is 2.12 bits per heavy atom. The smallest absolute Gasteiger partial charge is 0.275 e. The van der Waals surface area contributed by atoms with E-state index in [4.69, 9.17) is 0 Å². The number of urea groups is 1. The quantitative estimate of drug-likeness (QED) is 0.625. The second kappa shape index (κ2) is 6.20. The van der Waals surface area contributed by atoms with Crippen molar-refractivity contribution in [2.45, 2.75) is 51.5 Å². The lowest BCUT2D eigenvalue weighted by Gasteiger charge is -2.38. The molecular formula is C19H28N3O2+. The van der Waals surface area contributed by atoms with Crippen LogP contribution in [0.5, 0.6) is 0 Å². The van der Waals surface area contributed by atoms with Gasteiger partial charge in [0.2, 0.25) is 0 Å². The summed E-state index contributed by atoms with van der Waals surface area (Å²) in [6, 6.07) is 9.51. The predicted octanol–water partition coefficient (Wildman–Crippen LogP) is 3.56. The first-order chi connectivity index (χ1) is 11.5. The molecule has 0 atom stereocenters. The molecule has 5 nitrogen and oxygen atoms in total. The first kappa shape index (κ1) is 17.0. The Balaban J connectivity index is 2.12. The second-order valence-corrected chi connectivity index (χ2v) is 7.13. The molecule has 0 radical (unpaired) electrons. The van der Waals surface area contributed by atoms with Crippen LogP contribution in [0.4, 0.5) is 10.5 Å². The third kappa shape index (κ3) is 2.34. The summed E-state index contributed by atoms with van der Waals surface area (Å²) in [5.74, 6) is -0.0118. The SMILES string of the molecule is CC[N+](C)(CC)N1C(=O)N(c2ccccc2)C2(CCCCC2)C1=O. The first-order valence-corrected chi connectivity index (χ1v) is 9.09. The molecule has 5 heteroatoms. The van der Waals surface area contributed by atoms with Crippen LogP contribution in [0.25, 0.3) is 0 Å². The van der Waals surface area contributed by atoms with Gasteiger partial charge in [-0.3, -0.25) is 9.69 Å². The number of amides is 3. The number of carbonyl (C=O) groups excluding carboxylic acids is 2. The number of hydrogen-bond acceptors (Lipinski definition) is 2. The van der Waals surface area contributed by atoms with Crippen molar-refractivity contribution in [3.63, 3.8) is 0 Å². The molecule has 1 saturated heterocycles. The van der Waals surface area contributed by atoms with Crippen molar-refractivity contribution in [1.29, 1.82) is 0 Å². The number of benzene rings is 1. The van der Waals surface area contributed by atoms with Crippen molar-refractivity contribution in [2.24, 2.45) is 0 Å². The van der Waals surface area contributed by atoms with Crippen molar-refractivity contribution >= 4 is 17.6 Å². The summed E-state index contributed by atoms with van der Waals surface area (Å²) < 4.78 is 0.336. The molecule has 1 spiro atoms. The summed E-state index contributed by atoms with van der Waals surface area (Å²) >= 11 is 0. The Kier molecular flexibility index (Phi) is 4.38.